The van der Waals surface area contributed by atoms with Gasteiger partial charge in [-0.2, -0.15) is 0 Å². The number of likely N-dealkylation sites (N-methyl/N-ethyl adjacent to an activating group) is 1. The van der Waals surface area contributed by atoms with Crippen molar-refractivity contribution >= 4 is 30.2 Å². The van der Waals surface area contributed by atoms with E-state index in [-0.39, 0.29) is 19.6 Å². The summed E-state index contributed by atoms with van der Waals surface area (Å²) in [5.74, 6) is -2.09. The molecule has 244 valence electrons. The van der Waals surface area contributed by atoms with E-state index in [1.807, 2.05) is 111 Å². The van der Waals surface area contributed by atoms with Crippen LogP contribution in [0.15, 0.2) is 105 Å². The van der Waals surface area contributed by atoms with Crippen LogP contribution >= 0.6 is 0 Å². The summed E-state index contributed by atoms with van der Waals surface area (Å²) in [6.45, 7) is 22.4. The van der Waals surface area contributed by atoms with Crippen LogP contribution < -0.4 is 0 Å². The van der Waals surface area contributed by atoms with E-state index in [9.17, 15) is 9.59 Å². The molecule has 3 aromatic rings. The Bertz CT molecular complexity index is 1160. The van der Waals surface area contributed by atoms with Crippen molar-refractivity contribution in [1.29, 1.82) is 0 Å². The Labute approximate surface area is 271 Å². The van der Waals surface area contributed by atoms with E-state index < -0.39 is 11.9 Å². The predicted molar refractivity (Wildman–Crippen MR) is 189 cm³/mol. The Kier molecular flexibility index (Phi) is 22.7. The lowest BCUT2D eigenvalue weighted by Gasteiger charge is -2.36. The first-order chi connectivity index (χ1) is 21.6. The molecule has 0 spiro atoms. The van der Waals surface area contributed by atoms with Crippen molar-refractivity contribution in [3.05, 3.63) is 127 Å². The van der Waals surface area contributed by atoms with Crippen LogP contribution in [0.2, 0.25) is 0 Å². The van der Waals surface area contributed by atoms with E-state index in [1.165, 1.54) is 40.1 Å². The van der Waals surface area contributed by atoms with Gasteiger partial charge in [-0.15, -0.1) is 0 Å². The number of rotatable bonds is 10. The molecule has 1 fully saturated rings. The van der Waals surface area contributed by atoms with Gasteiger partial charge in [0.25, 0.3) is 0 Å². The lowest BCUT2D eigenvalue weighted by molar-refractivity contribution is -0.915. The lowest BCUT2D eigenvalue weighted by atomic mass is 10.1. The molecule has 4 rings (SSSR count). The van der Waals surface area contributed by atoms with E-state index in [4.69, 9.17) is 14.9 Å². The number of carbonyl (C=O) groups is 2. The normalized spacial score (nSPS) is 12.5. The van der Waals surface area contributed by atoms with Gasteiger partial charge < -0.3 is 19.4 Å². The Morgan fingerprint density at radius 2 is 1.11 bits per heavy atom. The molecule has 1 heterocycles. The molecule has 1 saturated heterocycles. The highest BCUT2D eigenvalue weighted by atomic mass is 16.5. The minimum atomic E-state index is -1.04. The Balaban J connectivity index is 0.000000604. The third-order valence-electron chi connectivity index (χ3n) is 6.72. The van der Waals surface area contributed by atoms with Crippen molar-refractivity contribution in [1.82, 2.24) is 4.90 Å². The van der Waals surface area contributed by atoms with Gasteiger partial charge in [-0.05, 0) is 29.2 Å². The Morgan fingerprint density at radius 1 is 0.733 bits per heavy atom. The highest BCUT2D eigenvalue weighted by Crippen LogP contribution is 2.09. The van der Waals surface area contributed by atoms with Gasteiger partial charge in [0.15, 0.2) is 0 Å². The van der Waals surface area contributed by atoms with Gasteiger partial charge in [0.1, 0.15) is 13.1 Å². The molecule has 7 nitrogen and oxygen atoms in total. The molecule has 0 aromatic heterocycles. The molecule has 0 amide bonds. The number of morpholine rings is 1. The first kappa shape index (κ1) is 40.7. The molecule has 3 aromatic carbocycles. The Hall–Kier alpha value is -4.30. The summed E-state index contributed by atoms with van der Waals surface area (Å²) in [5.41, 5.74) is 4.17. The molecule has 1 aliphatic rings. The zero-order valence-electron chi connectivity index (χ0n) is 27.6. The lowest BCUT2D eigenvalue weighted by Crippen LogP contribution is -2.51. The first-order valence-corrected chi connectivity index (χ1v) is 15.3. The van der Waals surface area contributed by atoms with Gasteiger partial charge >= 0.3 is 11.9 Å². The maximum atomic E-state index is 10.6. The smallest absolute Gasteiger partial charge is 0.317 e. The number of hydrogen-bond donors (Lipinski definition) is 2. The summed E-state index contributed by atoms with van der Waals surface area (Å²) < 4.78 is 6.45. The number of carboxylic acids is 2. The second-order valence-corrected chi connectivity index (χ2v) is 10.1. The molecule has 0 radical (unpaired) electrons. The van der Waals surface area contributed by atoms with Crippen molar-refractivity contribution in [3.63, 3.8) is 0 Å². The van der Waals surface area contributed by atoms with Gasteiger partial charge in [-0.25, -0.2) is 0 Å². The fourth-order valence-corrected chi connectivity index (χ4v) is 3.85. The second kappa shape index (κ2) is 25.1. The third-order valence-corrected chi connectivity index (χ3v) is 6.72. The summed E-state index contributed by atoms with van der Waals surface area (Å²) in [6, 6.07) is 27.4. The van der Waals surface area contributed by atoms with Crippen LogP contribution in [-0.2, 0) is 20.9 Å². The number of nitrogens with zero attached hydrogens (tertiary/aromatic N) is 2. The summed E-state index contributed by atoms with van der Waals surface area (Å²) in [4.78, 5) is 22.6. The monoisotopic (exact) mass is 617 g/mol. The van der Waals surface area contributed by atoms with Gasteiger partial charge in [0.2, 0.25) is 0 Å². The average Bonchev–Trinajstić information content (AvgIpc) is 3.07. The molecule has 0 bridgehead atoms. The van der Waals surface area contributed by atoms with Gasteiger partial charge in [-0.1, -0.05) is 137 Å². The first-order valence-electron chi connectivity index (χ1n) is 15.3. The second-order valence-electron chi connectivity index (χ2n) is 10.1. The number of hydrogen-bond acceptors (Lipinski definition) is 4. The number of aliphatic carboxylic acids is 2. The maximum absolute atomic E-state index is 10.6. The number of ether oxygens (including phenoxy) is 1. The third kappa shape index (κ3) is 20.3. The molecule has 0 saturated carbocycles. The van der Waals surface area contributed by atoms with Gasteiger partial charge in [-0.3, -0.25) is 14.5 Å². The van der Waals surface area contributed by atoms with E-state index in [1.54, 1.807) is 6.08 Å². The standard InChI is InChI=1S/C13H15NO4.2C8H8.C7H16NO.C2H6/c1-2-10-3-5-11(6-4-10)7-14(8-12(15)16)9-13(17)18;2*1-2-8-6-4-3-5-7-8;1-3-8(2)4-6-9-7-5-8;1-2/h2-6H,1,7-9H2,(H,15,16)(H,17,18);2*2-7H,1H2;3-7H2,1-2H3;1-2H3/q;;;+1;. The fourth-order valence-electron chi connectivity index (χ4n) is 3.85. The van der Waals surface area contributed by atoms with Gasteiger partial charge in [0, 0.05) is 6.54 Å². The fraction of sp³-hybridized carbons (Fsp3) is 0.316. The van der Waals surface area contributed by atoms with Crippen LogP contribution in [0.5, 0.6) is 0 Å². The van der Waals surface area contributed by atoms with Crippen LogP contribution in [-0.4, -0.2) is 84.5 Å². The number of carboxylic acid groups (broad SMARTS) is 2. The van der Waals surface area contributed by atoms with E-state index in [2.05, 4.69) is 33.7 Å². The highest BCUT2D eigenvalue weighted by molar-refractivity contribution is 5.72. The summed E-state index contributed by atoms with van der Waals surface area (Å²) in [6.07, 6.45) is 5.37. The molecule has 45 heavy (non-hydrogen) atoms. The van der Waals surface area contributed by atoms with Crippen molar-refractivity contribution in [2.75, 3.05) is 53.0 Å². The van der Waals surface area contributed by atoms with Gasteiger partial charge in [0.05, 0.1) is 39.9 Å². The molecule has 1 aliphatic heterocycles. The van der Waals surface area contributed by atoms with Crippen molar-refractivity contribution in [3.8, 4) is 0 Å². The molecular weight excluding hydrogens is 564 g/mol. The van der Waals surface area contributed by atoms with Crippen molar-refractivity contribution in [2.24, 2.45) is 0 Å². The van der Waals surface area contributed by atoms with Crippen LogP contribution in [0.4, 0.5) is 0 Å². The SMILES string of the molecule is C=Cc1ccc(CN(CC(=O)O)CC(=O)O)cc1.C=Cc1ccccc1.C=Cc1ccccc1.CC.CC[N+]1(C)CCOCC1. The molecule has 7 heteroatoms. The van der Waals surface area contributed by atoms with Crippen LogP contribution in [0.1, 0.15) is 43.0 Å². The molecule has 0 aliphatic carbocycles. The average molecular weight is 618 g/mol. The Morgan fingerprint density at radius 3 is 1.40 bits per heavy atom. The topological polar surface area (TPSA) is 87.1 Å². The largest absolute Gasteiger partial charge is 0.480 e. The molecular formula is C38H53N2O5+. The van der Waals surface area contributed by atoms with Crippen molar-refractivity contribution < 1.29 is 29.0 Å². The van der Waals surface area contributed by atoms with E-state index in [0.717, 1.165) is 24.3 Å². The molecule has 0 atom stereocenters. The minimum Gasteiger partial charge on any atom is -0.480 e. The predicted octanol–water partition coefficient (Wildman–Crippen LogP) is 7.47. The zero-order chi connectivity index (χ0) is 33.9. The quantitative estimate of drug-likeness (QED) is 0.230. The van der Waals surface area contributed by atoms with E-state index >= 15 is 0 Å². The summed E-state index contributed by atoms with van der Waals surface area (Å²) >= 11 is 0. The number of benzene rings is 3. The summed E-state index contributed by atoms with van der Waals surface area (Å²) in [7, 11) is 2.29. The number of quaternary nitrogens is 1. The van der Waals surface area contributed by atoms with Crippen LogP contribution in [0.25, 0.3) is 18.2 Å². The van der Waals surface area contributed by atoms with Crippen LogP contribution in [0.3, 0.4) is 0 Å². The van der Waals surface area contributed by atoms with Crippen LogP contribution in [0, 0.1) is 0 Å². The maximum Gasteiger partial charge on any atom is 0.317 e. The molecule has 2 N–H and O–H groups in total. The zero-order valence-corrected chi connectivity index (χ0v) is 27.6. The summed E-state index contributed by atoms with van der Waals surface area (Å²) in [5, 5.41) is 17.4. The van der Waals surface area contributed by atoms with Crippen molar-refractivity contribution in [2.45, 2.75) is 27.3 Å². The minimum absolute atomic E-state index is 0.288. The van der Waals surface area contributed by atoms with E-state index in [0.29, 0.717) is 0 Å². The highest BCUT2D eigenvalue weighted by Gasteiger charge is 2.22. The molecule has 0 unspecified atom stereocenters.